The molecule has 23 heavy (non-hydrogen) atoms. The maximum absolute atomic E-state index is 12.3. The van der Waals surface area contributed by atoms with Gasteiger partial charge >= 0.3 is 6.01 Å². The summed E-state index contributed by atoms with van der Waals surface area (Å²) in [5.41, 5.74) is 2.26. The number of aromatic nitrogens is 2. The van der Waals surface area contributed by atoms with Crippen LogP contribution in [0.5, 0.6) is 0 Å². The van der Waals surface area contributed by atoms with Crippen LogP contribution in [-0.2, 0) is 11.3 Å². The minimum Gasteiger partial charge on any atom is -0.423 e. The molecule has 0 atom stereocenters. The lowest BCUT2D eigenvalue weighted by molar-refractivity contribution is -0.119. The lowest BCUT2D eigenvalue weighted by Crippen LogP contribution is -2.20. The van der Waals surface area contributed by atoms with Gasteiger partial charge in [0.1, 0.15) is 5.52 Å². The number of anilines is 1. The van der Waals surface area contributed by atoms with E-state index in [4.69, 9.17) is 4.42 Å². The van der Waals surface area contributed by atoms with Crippen molar-refractivity contribution in [3.63, 3.8) is 0 Å². The van der Waals surface area contributed by atoms with E-state index in [-0.39, 0.29) is 24.4 Å². The number of fused-ring (bicyclic) bond motifs is 1. The fourth-order valence-electron chi connectivity index (χ4n) is 2.03. The van der Waals surface area contributed by atoms with Crippen molar-refractivity contribution < 1.29 is 14.0 Å². The molecule has 0 bridgehead atoms. The van der Waals surface area contributed by atoms with Crippen LogP contribution in [0.25, 0.3) is 11.1 Å². The second kappa shape index (κ2) is 6.27. The summed E-state index contributed by atoms with van der Waals surface area (Å²) in [6.07, 6.45) is 1.51. The van der Waals surface area contributed by atoms with Crippen LogP contribution in [0.4, 0.5) is 6.01 Å². The zero-order valence-corrected chi connectivity index (χ0v) is 12.4. The van der Waals surface area contributed by atoms with Crippen LogP contribution in [-0.4, -0.2) is 21.8 Å². The second-order valence-corrected chi connectivity index (χ2v) is 4.89. The standard InChI is InChI=1S/C16H14N4O3/c1-10(21)18-9-12-8-11(6-7-17-12)15(22)20-16-19-13-4-2-3-5-14(13)23-16/h2-8H,9H2,1H3,(H,18,21)(H,19,20,22). The summed E-state index contributed by atoms with van der Waals surface area (Å²) in [5, 5.41) is 5.24. The molecule has 0 aliphatic heterocycles. The topological polar surface area (TPSA) is 97.1 Å². The number of amides is 2. The molecule has 0 saturated heterocycles. The van der Waals surface area contributed by atoms with E-state index in [9.17, 15) is 9.59 Å². The van der Waals surface area contributed by atoms with Gasteiger partial charge in [0.2, 0.25) is 5.91 Å². The quantitative estimate of drug-likeness (QED) is 0.769. The lowest BCUT2D eigenvalue weighted by atomic mass is 10.2. The van der Waals surface area contributed by atoms with Crippen LogP contribution in [0.15, 0.2) is 47.0 Å². The Kier molecular flexibility index (Phi) is 4.01. The Morgan fingerprint density at radius 1 is 1.22 bits per heavy atom. The number of oxazole rings is 1. The first-order valence-electron chi connectivity index (χ1n) is 6.98. The lowest BCUT2D eigenvalue weighted by Gasteiger charge is -2.04. The average molecular weight is 310 g/mol. The molecule has 0 fully saturated rings. The van der Waals surface area contributed by atoms with Gasteiger partial charge in [-0.1, -0.05) is 12.1 Å². The predicted molar refractivity (Wildman–Crippen MR) is 83.7 cm³/mol. The Balaban J connectivity index is 1.74. The zero-order valence-electron chi connectivity index (χ0n) is 12.4. The molecule has 1 aromatic carbocycles. The Morgan fingerprint density at radius 3 is 2.83 bits per heavy atom. The Morgan fingerprint density at radius 2 is 2.04 bits per heavy atom. The molecule has 2 heterocycles. The van der Waals surface area contributed by atoms with Crippen LogP contribution in [0.2, 0.25) is 0 Å². The van der Waals surface area contributed by atoms with Crippen LogP contribution >= 0.6 is 0 Å². The molecular weight excluding hydrogens is 296 g/mol. The summed E-state index contributed by atoms with van der Waals surface area (Å²) in [5.74, 6) is -0.517. The SMILES string of the molecule is CC(=O)NCc1cc(C(=O)Nc2nc3ccccc3o2)ccn1. The van der Waals surface area contributed by atoms with Crippen molar-refractivity contribution >= 4 is 28.9 Å². The Hall–Kier alpha value is -3.22. The minimum atomic E-state index is -0.358. The first-order valence-corrected chi connectivity index (χ1v) is 6.98. The monoisotopic (exact) mass is 310 g/mol. The number of para-hydroxylation sites is 2. The fourth-order valence-corrected chi connectivity index (χ4v) is 2.03. The number of rotatable bonds is 4. The molecule has 0 spiro atoms. The molecule has 7 heteroatoms. The molecule has 2 aromatic heterocycles. The van der Waals surface area contributed by atoms with E-state index in [1.54, 1.807) is 24.3 Å². The highest BCUT2D eigenvalue weighted by atomic mass is 16.4. The smallest absolute Gasteiger partial charge is 0.302 e. The molecule has 0 aliphatic carbocycles. The van der Waals surface area contributed by atoms with Gasteiger partial charge in [0.05, 0.1) is 12.2 Å². The van der Waals surface area contributed by atoms with Gasteiger partial charge in [0.25, 0.3) is 5.91 Å². The summed E-state index contributed by atoms with van der Waals surface area (Å²) in [6.45, 7) is 1.68. The summed E-state index contributed by atoms with van der Waals surface area (Å²) in [4.78, 5) is 31.5. The maximum atomic E-state index is 12.3. The first-order chi connectivity index (χ1) is 11.1. The van der Waals surface area contributed by atoms with Gasteiger partial charge in [0, 0.05) is 18.7 Å². The summed E-state index contributed by atoms with van der Waals surface area (Å²) in [7, 11) is 0. The molecule has 0 unspecified atom stereocenters. The zero-order chi connectivity index (χ0) is 16.2. The maximum Gasteiger partial charge on any atom is 0.302 e. The number of hydrogen-bond donors (Lipinski definition) is 2. The first kappa shape index (κ1) is 14.7. The third kappa shape index (κ3) is 3.52. The number of benzene rings is 1. The summed E-state index contributed by atoms with van der Waals surface area (Å²) >= 11 is 0. The van der Waals surface area contributed by atoms with Crippen LogP contribution in [0.3, 0.4) is 0 Å². The van der Waals surface area contributed by atoms with E-state index in [1.807, 2.05) is 12.1 Å². The van der Waals surface area contributed by atoms with Crippen molar-refractivity contribution in [3.05, 3.63) is 53.9 Å². The van der Waals surface area contributed by atoms with Crippen molar-refractivity contribution in [1.29, 1.82) is 0 Å². The van der Waals surface area contributed by atoms with E-state index < -0.39 is 0 Å². The molecular formula is C16H14N4O3. The molecule has 0 saturated carbocycles. The minimum absolute atomic E-state index is 0.136. The van der Waals surface area contributed by atoms with Gasteiger partial charge in [-0.15, -0.1) is 0 Å². The van der Waals surface area contributed by atoms with Crippen LogP contribution < -0.4 is 10.6 Å². The number of pyridine rings is 1. The predicted octanol–water partition coefficient (Wildman–Crippen LogP) is 2.11. The number of carbonyl (C=O) groups excluding carboxylic acids is 2. The van der Waals surface area contributed by atoms with E-state index in [0.717, 1.165) is 0 Å². The highest BCUT2D eigenvalue weighted by Gasteiger charge is 2.12. The van der Waals surface area contributed by atoms with Crippen molar-refractivity contribution in [2.45, 2.75) is 13.5 Å². The van der Waals surface area contributed by atoms with Crippen molar-refractivity contribution in [1.82, 2.24) is 15.3 Å². The van der Waals surface area contributed by atoms with Crippen molar-refractivity contribution in [3.8, 4) is 0 Å². The molecule has 0 aliphatic rings. The number of carbonyl (C=O) groups is 2. The van der Waals surface area contributed by atoms with Gasteiger partial charge in [0.15, 0.2) is 5.58 Å². The molecule has 2 N–H and O–H groups in total. The van der Waals surface area contributed by atoms with Gasteiger partial charge < -0.3 is 9.73 Å². The van der Waals surface area contributed by atoms with Gasteiger partial charge in [-0.3, -0.25) is 19.9 Å². The molecule has 7 nitrogen and oxygen atoms in total. The largest absolute Gasteiger partial charge is 0.423 e. The Bertz CT molecular complexity index is 839. The highest BCUT2D eigenvalue weighted by Crippen LogP contribution is 2.18. The van der Waals surface area contributed by atoms with E-state index >= 15 is 0 Å². The summed E-state index contributed by atoms with van der Waals surface area (Å²) in [6, 6.07) is 10.6. The van der Waals surface area contributed by atoms with Gasteiger partial charge in [-0.25, -0.2) is 0 Å². The Labute approximate surface area is 131 Å². The number of nitrogens with one attached hydrogen (secondary N) is 2. The molecule has 0 radical (unpaired) electrons. The fraction of sp³-hybridized carbons (Fsp3) is 0.125. The second-order valence-electron chi connectivity index (χ2n) is 4.89. The molecule has 3 aromatic rings. The van der Waals surface area contributed by atoms with Crippen LogP contribution in [0.1, 0.15) is 23.0 Å². The van der Waals surface area contributed by atoms with Gasteiger partial charge in [-0.05, 0) is 24.3 Å². The average Bonchev–Trinajstić information content (AvgIpc) is 2.95. The number of hydrogen-bond acceptors (Lipinski definition) is 5. The van der Waals surface area contributed by atoms with E-state index in [0.29, 0.717) is 22.4 Å². The number of nitrogens with zero attached hydrogens (tertiary/aromatic N) is 2. The van der Waals surface area contributed by atoms with Gasteiger partial charge in [-0.2, -0.15) is 4.98 Å². The van der Waals surface area contributed by atoms with E-state index in [2.05, 4.69) is 20.6 Å². The third-order valence-electron chi connectivity index (χ3n) is 3.11. The summed E-state index contributed by atoms with van der Waals surface area (Å²) < 4.78 is 5.45. The highest BCUT2D eigenvalue weighted by molar-refractivity contribution is 6.03. The molecule has 3 rings (SSSR count). The third-order valence-corrected chi connectivity index (χ3v) is 3.11. The van der Waals surface area contributed by atoms with Crippen molar-refractivity contribution in [2.24, 2.45) is 0 Å². The molecule has 116 valence electrons. The normalized spacial score (nSPS) is 10.5. The van der Waals surface area contributed by atoms with E-state index in [1.165, 1.54) is 13.1 Å². The van der Waals surface area contributed by atoms with Crippen LogP contribution in [0, 0.1) is 0 Å². The molecule has 2 amide bonds. The van der Waals surface area contributed by atoms with Crippen molar-refractivity contribution in [2.75, 3.05) is 5.32 Å².